The minimum atomic E-state index is 0.164. The van der Waals surface area contributed by atoms with Gasteiger partial charge in [-0.1, -0.05) is 123 Å². The molecule has 0 spiro atoms. The number of hydrogen-bond acceptors (Lipinski definition) is 1. The molecule has 0 N–H and O–H groups in total. The highest BCUT2D eigenvalue weighted by molar-refractivity contribution is 9.09. The predicted octanol–water partition coefficient (Wildman–Crippen LogP) is 8.13. The van der Waals surface area contributed by atoms with E-state index in [9.17, 15) is 4.79 Å². The second kappa shape index (κ2) is 10.9. The number of alkyl halides is 2. The first kappa shape index (κ1) is 22.7. The van der Waals surface area contributed by atoms with E-state index >= 15 is 0 Å². The highest BCUT2D eigenvalue weighted by Crippen LogP contribution is 2.38. The summed E-state index contributed by atoms with van der Waals surface area (Å²) in [6, 6.07) is 33.0. The lowest BCUT2D eigenvalue weighted by Gasteiger charge is -2.11. The molecule has 5 rings (SSSR count). The van der Waals surface area contributed by atoms with E-state index in [4.69, 9.17) is 0 Å². The lowest BCUT2D eigenvalue weighted by Crippen LogP contribution is -2.01. The molecule has 1 aliphatic rings. The van der Waals surface area contributed by atoms with Crippen LogP contribution in [0.5, 0.6) is 0 Å². The summed E-state index contributed by atoms with van der Waals surface area (Å²) >= 11 is 7.02. The van der Waals surface area contributed by atoms with Crippen molar-refractivity contribution in [3.05, 3.63) is 119 Å². The number of fused-ring (bicyclic) bond motifs is 3. The first-order chi connectivity index (χ1) is 15.7. The van der Waals surface area contributed by atoms with Crippen molar-refractivity contribution in [3.63, 3.8) is 0 Å². The number of carbonyl (C=O) groups excluding carboxylic acids is 1. The Labute approximate surface area is 206 Å². The van der Waals surface area contributed by atoms with Crippen molar-refractivity contribution in [3.8, 4) is 22.3 Å². The van der Waals surface area contributed by atoms with Crippen LogP contribution >= 0.6 is 31.9 Å². The van der Waals surface area contributed by atoms with Crippen molar-refractivity contribution in [1.82, 2.24) is 0 Å². The van der Waals surface area contributed by atoms with Gasteiger partial charge in [0.15, 0.2) is 5.78 Å². The normalized spacial score (nSPS) is 11.4. The van der Waals surface area contributed by atoms with E-state index in [0.717, 1.165) is 45.8 Å². The van der Waals surface area contributed by atoms with Gasteiger partial charge in [0.2, 0.25) is 0 Å². The number of aryl methyl sites for hydroxylation is 2. The fourth-order valence-electron chi connectivity index (χ4n) is 4.09. The van der Waals surface area contributed by atoms with Gasteiger partial charge in [-0.05, 0) is 52.3 Å². The van der Waals surface area contributed by atoms with Gasteiger partial charge in [0.25, 0.3) is 0 Å². The number of halogens is 2. The first-order valence-electron chi connectivity index (χ1n) is 10.7. The van der Waals surface area contributed by atoms with Crippen LogP contribution in [0, 0.1) is 0 Å². The zero-order valence-electron chi connectivity index (χ0n) is 17.7. The summed E-state index contributed by atoms with van der Waals surface area (Å²) in [6.07, 6.45) is 1.95. The second-order valence-electron chi connectivity index (χ2n) is 7.65. The molecule has 160 valence electrons. The van der Waals surface area contributed by atoms with Crippen molar-refractivity contribution in [2.24, 2.45) is 0 Å². The van der Waals surface area contributed by atoms with E-state index < -0.39 is 0 Å². The summed E-state index contributed by atoms with van der Waals surface area (Å²) in [6.45, 7) is 0. The van der Waals surface area contributed by atoms with Crippen LogP contribution in [0.3, 0.4) is 0 Å². The number of benzene rings is 4. The molecule has 0 aromatic heterocycles. The summed E-state index contributed by atoms with van der Waals surface area (Å²) in [5.41, 5.74) is 9.04. The fraction of sp³-hybridized carbons (Fsp3) is 0.138. The lowest BCUT2D eigenvalue weighted by molar-refractivity contribution is 0.104. The van der Waals surface area contributed by atoms with Crippen LogP contribution in [0.15, 0.2) is 97.1 Å². The molecule has 0 bridgehead atoms. The predicted molar refractivity (Wildman–Crippen MR) is 142 cm³/mol. The Morgan fingerprint density at radius 1 is 0.500 bits per heavy atom. The standard InChI is InChI=1S/C17H14Br2O.C12H10/c18-7-5-11-9-15-13-3-1-2-4-14(13)17(20)16(15)10-12(11)6-8-19;1-3-7-11(8-4-1)12-9-5-2-6-10-12/h1-4,9-10H,5-8H2;1-10H. The van der Waals surface area contributed by atoms with Crippen LogP contribution in [0.1, 0.15) is 27.0 Å². The van der Waals surface area contributed by atoms with E-state index in [-0.39, 0.29) is 5.78 Å². The van der Waals surface area contributed by atoms with Crippen LogP contribution in [-0.4, -0.2) is 16.4 Å². The molecule has 0 unspecified atom stereocenters. The third kappa shape index (κ3) is 4.95. The maximum Gasteiger partial charge on any atom is 0.194 e. The van der Waals surface area contributed by atoms with Crippen LogP contribution in [0.2, 0.25) is 0 Å². The Morgan fingerprint density at radius 3 is 1.44 bits per heavy atom. The van der Waals surface area contributed by atoms with Gasteiger partial charge in [0, 0.05) is 21.8 Å². The third-order valence-corrected chi connectivity index (χ3v) is 6.45. The topological polar surface area (TPSA) is 17.1 Å². The number of hydrogen-bond donors (Lipinski definition) is 0. The molecule has 0 saturated heterocycles. The molecule has 4 aromatic carbocycles. The van der Waals surface area contributed by atoms with E-state index in [0.29, 0.717) is 0 Å². The zero-order chi connectivity index (χ0) is 22.3. The SMILES string of the molecule is O=C1c2ccccc2-c2cc(CCBr)c(CCBr)cc21.c1ccc(-c2ccccc2)cc1. The second-order valence-corrected chi connectivity index (χ2v) is 9.24. The Morgan fingerprint density at radius 2 is 0.938 bits per heavy atom. The third-order valence-electron chi connectivity index (χ3n) is 5.65. The average molecular weight is 548 g/mol. The van der Waals surface area contributed by atoms with E-state index in [1.807, 2.05) is 36.4 Å². The van der Waals surface area contributed by atoms with Gasteiger partial charge < -0.3 is 0 Å². The van der Waals surface area contributed by atoms with Crippen molar-refractivity contribution in [1.29, 1.82) is 0 Å². The number of ketones is 1. The fourth-order valence-corrected chi connectivity index (χ4v) is 4.95. The molecule has 0 amide bonds. The maximum absolute atomic E-state index is 12.5. The summed E-state index contributed by atoms with van der Waals surface area (Å²) in [4.78, 5) is 12.5. The van der Waals surface area contributed by atoms with Gasteiger partial charge in [-0.3, -0.25) is 4.79 Å². The molecule has 0 saturated carbocycles. The van der Waals surface area contributed by atoms with Crippen molar-refractivity contribution >= 4 is 37.6 Å². The monoisotopic (exact) mass is 546 g/mol. The Kier molecular flexibility index (Phi) is 7.72. The molecule has 1 aliphatic carbocycles. The van der Waals surface area contributed by atoms with E-state index in [2.05, 4.69) is 92.5 Å². The van der Waals surface area contributed by atoms with Gasteiger partial charge in [-0.15, -0.1) is 0 Å². The van der Waals surface area contributed by atoms with Crippen molar-refractivity contribution in [2.45, 2.75) is 12.8 Å². The summed E-state index contributed by atoms with van der Waals surface area (Å²) in [5.74, 6) is 0.164. The largest absolute Gasteiger partial charge is 0.289 e. The molecular formula is C29H24Br2O. The summed E-state index contributed by atoms with van der Waals surface area (Å²) in [7, 11) is 0. The molecule has 0 heterocycles. The minimum absolute atomic E-state index is 0.164. The molecule has 32 heavy (non-hydrogen) atoms. The van der Waals surface area contributed by atoms with Gasteiger partial charge >= 0.3 is 0 Å². The Bertz CT molecular complexity index is 1160. The van der Waals surface area contributed by atoms with Crippen LogP contribution in [0.25, 0.3) is 22.3 Å². The van der Waals surface area contributed by atoms with E-state index in [1.165, 1.54) is 22.3 Å². The van der Waals surface area contributed by atoms with Gasteiger partial charge in [-0.2, -0.15) is 0 Å². The van der Waals surface area contributed by atoms with Crippen molar-refractivity contribution < 1.29 is 4.79 Å². The molecule has 4 aromatic rings. The van der Waals surface area contributed by atoms with Crippen LogP contribution in [0.4, 0.5) is 0 Å². The molecule has 0 radical (unpaired) electrons. The molecule has 0 fully saturated rings. The number of rotatable bonds is 5. The first-order valence-corrected chi connectivity index (χ1v) is 13.0. The molecular weight excluding hydrogens is 524 g/mol. The molecule has 3 heteroatoms. The smallest absolute Gasteiger partial charge is 0.194 e. The molecule has 0 atom stereocenters. The highest BCUT2D eigenvalue weighted by atomic mass is 79.9. The molecule has 1 nitrogen and oxygen atoms in total. The number of carbonyl (C=O) groups is 1. The summed E-state index contributed by atoms with van der Waals surface area (Å²) < 4.78 is 0. The Hall–Kier alpha value is -2.49. The lowest BCUT2D eigenvalue weighted by atomic mass is 9.95. The van der Waals surface area contributed by atoms with E-state index in [1.54, 1.807) is 0 Å². The van der Waals surface area contributed by atoms with Gasteiger partial charge in [0.05, 0.1) is 0 Å². The van der Waals surface area contributed by atoms with Gasteiger partial charge in [0.1, 0.15) is 0 Å². The van der Waals surface area contributed by atoms with Gasteiger partial charge in [-0.25, -0.2) is 0 Å². The summed E-state index contributed by atoms with van der Waals surface area (Å²) in [5, 5.41) is 1.86. The zero-order valence-corrected chi connectivity index (χ0v) is 20.9. The molecule has 0 aliphatic heterocycles. The Balaban J connectivity index is 0.000000174. The minimum Gasteiger partial charge on any atom is -0.289 e. The quantitative estimate of drug-likeness (QED) is 0.203. The van der Waals surface area contributed by atoms with Crippen LogP contribution < -0.4 is 0 Å². The van der Waals surface area contributed by atoms with Crippen LogP contribution in [-0.2, 0) is 12.8 Å². The average Bonchev–Trinajstić information content (AvgIpc) is 3.12. The highest BCUT2D eigenvalue weighted by Gasteiger charge is 2.27. The van der Waals surface area contributed by atoms with Crippen molar-refractivity contribution in [2.75, 3.05) is 10.7 Å². The maximum atomic E-state index is 12.5.